The van der Waals surface area contributed by atoms with E-state index in [4.69, 9.17) is 5.84 Å². The molecular weight excluding hydrogens is 214 g/mol. The van der Waals surface area contributed by atoms with E-state index in [1.54, 1.807) is 12.1 Å². The van der Waals surface area contributed by atoms with E-state index < -0.39 is 0 Å². The lowest BCUT2D eigenvalue weighted by Gasteiger charge is -2.02. The van der Waals surface area contributed by atoms with Gasteiger partial charge in [-0.25, -0.2) is 0 Å². The van der Waals surface area contributed by atoms with Crippen LogP contribution in [0, 0.1) is 0 Å². The molecule has 1 aromatic heterocycles. The number of aromatic hydroxyl groups is 1. The summed E-state index contributed by atoms with van der Waals surface area (Å²) in [7, 11) is 0. The molecule has 0 amide bonds. The number of hydrazine groups is 1. The minimum atomic E-state index is -0.159. The maximum atomic E-state index is 11.2. The second kappa shape index (κ2) is 4.01. The van der Waals surface area contributed by atoms with Crippen molar-refractivity contribution < 1.29 is 5.11 Å². The Balaban J connectivity index is 2.55. The highest BCUT2D eigenvalue weighted by molar-refractivity contribution is 7.16. The molecule has 0 aliphatic rings. The van der Waals surface area contributed by atoms with Crippen molar-refractivity contribution in [2.24, 2.45) is 5.84 Å². The van der Waals surface area contributed by atoms with Crippen molar-refractivity contribution in [2.75, 3.05) is 6.54 Å². The van der Waals surface area contributed by atoms with Crippen LogP contribution in [0.25, 0.3) is 10.2 Å². The standard InChI is InChI=1S/C9H11N3O2S/c10-11-4-3-5-1-2-6(13)7-8(5)15-9(14)12-7/h1-2,11,13H,3-4,10H2,(H,12,14). The van der Waals surface area contributed by atoms with Crippen LogP contribution in [0.4, 0.5) is 0 Å². The fourth-order valence-electron chi connectivity index (χ4n) is 1.48. The molecule has 2 aromatic rings. The van der Waals surface area contributed by atoms with Crippen LogP contribution in [-0.2, 0) is 6.42 Å². The summed E-state index contributed by atoms with van der Waals surface area (Å²) < 4.78 is 0.801. The van der Waals surface area contributed by atoms with E-state index in [2.05, 4.69) is 10.4 Å². The largest absolute Gasteiger partial charge is 0.506 e. The lowest BCUT2D eigenvalue weighted by atomic mass is 10.1. The molecule has 0 saturated heterocycles. The van der Waals surface area contributed by atoms with Gasteiger partial charge in [0.05, 0.1) is 4.70 Å². The average molecular weight is 225 g/mol. The number of H-pyrrole nitrogens is 1. The molecule has 0 fully saturated rings. The van der Waals surface area contributed by atoms with Gasteiger partial charge in [-0.05, 0) is 18.1 Å². The van der Waals surface area contributed by atoms with Gasteiger partial charge in [0.2, 0.25) is 0 Å². The number of nitrogens with two attached hydrogens (primary N) is 1. The summed E-state index contributed by atoms with van der Waals surface area (Å²) in [5.41, 5.74) is 4.07. The maximum Gasteiger partial charge on any atom is 0.305 e. The summed E-state index contributed by atoms with van der Waals surface area (Å²) in [6.07, 6.45) is 0.723. The van der Waals surface area contributed by atoms with Crippen LogP contribution in [-0.4, -0.2) is 16.6 Å². The molecular formula is C9H11N3O2S. The van der Waals surface area contributed by atoms with Gasteiger partial charge >= 0.3 is 4.87 Å². The van der Waals surface area contributed by atoms with E-state index in [1.807, 2.05) is 0 Å². The van der Waals surface area contributed by atoms with E-state index in [9.17, 15) is 9.90 Å². The molecule has 5 nitrogen and oxygen atoms in total. The van der Waals surface area contributed by atoms with Crippen molar-refractivity contribution in [3.8, 4) is 5.75 Å². The third-order valence-electron chi connectivity index (χ3n) is 2.18. The summed E-state index contributed by atoms with van der Waals surface area (Å²) in [6.45, 7) is 0.631. The smallest absolute Gasteiger partial charge is 0.305 e. The molecule has 0 spiro atoms. The van der Waals surface area contributed by atoms with Crippen molar-refractivity contribution in [3.05, 3.63) is 27.4 Å². The number of rotatable bonds is 3. The molecule has 80 valence electrons. The van der Waals surface area contributed by atoms with E-state index in [-0.39, 0.29) is 10.6 Å². The topological polar surface area (TPSA) is 91.1 Å². The van der Waals surface area contributed by atoms with E-state index in [0.29, 0.717) is 12.1 Å². The zero-order valence-electron chi connectivity index (χ0n) is 7.91. The van der Waals surface area contributed by atoms with E-state index >= 15 is 0 Å². The number of aromatic nitrogens is 1. The van der Waals surface area contributed by atoms with Gasteiger partial charge in [-0.3, -0.25) is 16.1 Å². The number of phenolic OH excluding ortho intramolecular Hbond substituents is 1. The first-order chi connectivity index (χ1) is 7.22. The molecule has 2 rings (SSSR count). The van der Waals surface area contributed by atoms with Gasteiger partial charge in [0, 0.05) is 6.54 Å². The summed E-state index contributed by atoms with van der Waals surface area (Å²) in [4.78, 5) is 13.6. The number of benzene rings is 1. The maximum absolute atomic E-state index is 11.2. The van der Waals surface area contributed by atoms with Gasteiger partial charge in [-0.15, -0.1) is 0 Å². The van der Waals surface area contributed by atoms with Crippen molar-refractivity contribution in [1.82, 2.24) is 10.4 Å². The highest BCUT2D eigenvalue weighted by Gasteiger charge is 2.08. The van der Waals surface area contributed by atoms with E-state index in [1.165, 1.54) is 0 Å². The molecule has 0 unspecified atom stereocenters. The number of hydrogen-bond acceptors (Lipinski definition) is 5. The normalized spacial score (nSPS) is 11.0. The first-order valence-corrected chi connectivity index (χ1v) is 5.31. The average Bonchev–Trinajstić information content (AvgIpc) is 2.60. The molecule has 0 radical (unpaired) electrons. The van der Waals surface area contributed by atoms with Crippen molar-refractivity contribution >= 4 is 21.6 Å². The molecule has 1 aromatic carbocycles. The van der Waals surface area contributed by atoms with Crippen molar-refractivity contribution in [2.45, 2.75) is 6.42 Å². The SMILES string of the molecule is NNCCc1ccc(O)c2[nH]c(=O)sc12. The van der Waals surface area contributed by atoms with Crippen molar-refractivity contribution in [3.63, 3.8) is 0 Å². The fourth-order valence-corrected chi connectivity index (χ4v) is 2.37. The Morgan fingerprint density at radius 2 is 2.33 bits per heavy atom. The van der Waals surface area contributed by atoms with Gasteiger partial charge in [-0.1, -0.05) is 17.4 Å². The Hall–Kier alpha value is -1.37. The van der Waals surface area contributed by atoms with Crippen LogP contribution in [0.2, 0.25) is 0 Å². The van der Waals surface area contributed by atoms with Crippen molar-refractivity contribution in [1.29, 1.82) is 0 Å². The molecule has 0 saturated carbocycles. The van der Waals surface area contributed by atoms with Gasteiger partial charge in [0.25, 0.3) is 0 Å². The minimum absolute atomic E-state index is 0.104. The molecule has 0 bridgehead atoms. The Labute approximate surface area is 89.5 Å². The van der Waals surface area contributed by atoms with Crippen LogP contribution in [0.15, 0.2) is 16.9 Å². The molecule has 0 aliphatic carbocycles. The molecule has 6 heteroatoms. The van der Waals surface area contributed by atoms with Crippen LogP contribution >= 0.6 is 11.3 Å². The van der Waals surface area contributed by atoms with Crippen LogP contribution in [0.1, 0.15) is 5.56 Å². The molecule has 0 atom stereocenters. The second-order valence-corrected chi connectivity index (χ2v) is 4.15. The summed E-state index contributed by atoms with van der Waals surface area (Å²) >= 11 is 1.10. The highest BCUT2D eigenvalue weighted by Crippen LogP contribution is 2.27. The molecule has 15 heavy (non-hydrogen) atoms. The van der Waals surface area contributed by atoms with Gasteiger partial charge in [0.1, 0.15) is 11.3 Å². The number of fused-ring (bicyclic) bond motifs is 1. The predicted molar refractivity (Wildman–Crippen MR) is 60.0 cm³/mol. The second-order valence-electron chi connectivity index (χ2n) is 3.17. The first-order valence-electron chi connectivity index (χ1n) is 4.49. The number of aromatic amines is 1. The quantitative estimate of drug-likeness (QED) is 0.446. The number of thiazole rings is 1. The van der Waals surface area contributed by atoms with Gasteiger partial charge < -0.3 is 10.1 Å². The van der Waals surface area contributed by atoms with Crippen LogP contribution < -0.4 is 16.1 Å². The monoisotopic (exact) mass is 225 g/mol. The fraction of sp³-hybridized carbons (Fsp3) is 0.222. The Morgan fingerprint density at radius 1 is 1.53 bits per heavy atom. The number of hydrogen-bond donors (Lipinski definition) is 4. The number of nitrogens with one attached hydrogen (secondary N) is 2. The zero-order chi connectivity index (χ0) is 10.8. The summed E-state index contributed by atoms with van der Waals surface area (Å²) in [5.74, 6) is 5.29. The van der Waals surface area contributed by atoms with E-state index in [0.717, 1.165) is 28.0 Å². The van der Waals surface area contributed by atoms with Gasteiger partial charge in [0.15, 0.2) is 0 Å². The highest BCUT2D eigenvalue weighted by atomic mass is 32.1. The Bertz CT molecular complexity index is 532. The Morgan fingerprint density at radius 3 is 3.07 bits per heavy atom. The van der Waals surface area contributed by atoms with Crippen LogP contribution in [0.5, 0.6) is 5.75 Å². The lowest BCUT2D eigenvalue weighted by Crippen LogP contribution is -2.24. The number of phenols is 1. The summed E-state index contributed by atoms with van der Waals surface area (Å²) in [6, 6.07) is 3.38. The minimum Gasteiger partial charge on any atom is -0.506 e. The molecule has 0 aliphatic heterocycles. The molecule has 1 heterocycles. The Kier molecular flexibility index (Phi) is 2.72. The third-order valence-corrected chi connectivity index (χ3v) is 3.14. The third kappa shape index (κ3) is 1.87. The summed E-state index contributed by atoms with van der Waals surface area (Å²) in [5, 5.41) is 9.53. The predicted octanol–water partition coefficient (Wildman–Crippen LogP) is 0.301. The zero-order valence-corrected chi connectivity index (χ0v) is 8.73. The lowest BCUT2D eigenvalue weighted by molar-refractivity contribution is 0.480. The first kappa shape index (κ1) is 10.2. The van der Waals surface area contributed by atoms with Gasteiger partial charge in [-0.2, -0.15) is 0 Å². The molecule has 5 N–H and O–H groups in total. The van der Waals surface area contributed by atoms with Crippen LogP contribution in [0.3, 0.4) is 0 Å².